The van der Waals surface area contributed by atoms with Crippen molar-refractivity contribution in [3.63, 3.8) is 0 Å². The first kappa shape index (κ1) is 18.3. The zero-order valence-electron chi connectivity index (χ0n) is 16.1. The average molecular weight is 371 g/mol. The van der Waals surface area contributed by atoms with Gasteiger partial charge in [-0.1, -0.05) is 31.0 Å². The molecule has 0 spiro atoms. The minimum Gasteiger partial charge on any atom is -0.394 e. The number of para-hydroxylation sites is 1. The summed E-state index contributed by atoms with van der Waals surface area (Å²) in [6.45, 7) is 4.33. The molecule has 27 heavy (non-hydrogen) atoms. The minimum absolute atomic E-state index is 0.0356. The van der Waals surface area contributed by atoms with E-state index < -0.39 is 0 Å². The molecule has 2 fully saturated rings. The van der Waals surface area contributed by atoms with Crippen LogP contribution in [0.15, 0.2) is 24.3 Å². The highest BCUT2D eigenvalue weighted by molar-refractivity contribution is 5.94. The number of hydrogen-bond acceptors (Lipinski definition) is 3. The summed E-state index contributed by atoms with van der Waals surface area (Å²) in [4.78, 5) is 29.6. The molecule has 6 heteroatoms. The number of urea groups is 1. The van der Waals surface area contributed by atoms with Crippen LogP contribution in [0.5, 0.6) is 0 Å². The second-order valence-electron chi connectivity index (χ2n) is 8.34. The maximum atomic E-state index is 13.1. The molecule has 1 aliphatic carbocycles. The monoisotopic (exact) mass is 371 g/mol. The van der Waals surface area contributed by atoms with E-state index >= 15 is 0 Å². The van der Waals surface area contributed by atoms with Gasteiger partial charge >= 0.3 is 6.03 Å². The van der Waals surface area contributed by atoms with Crippen LogP contribution in [0.3, 0.4) is 0 Å². The Hall–Kier alpha value is -2.08. The highest BCUT2D eigenvalue weighted by Crippen LogP contribution is 2.49. The molecule has 2 heterocycles. The molecule has 146 valence electrons. The highest BCUT2D eigenvalue weighted by Gasteiger charge is 2.56. The van der Waals surface area contributed by atoms with Gasteiger partial charge in [0.2, 0.25) is 5.91 Å². The van der Waals surface area contributed by atoms with Gasteiger partial charge in [-0.05, 0) is 38.3 Å². The van der Waals surface area contributed by atoms with Gasteiger partial charge in [0.25, 0.3) is 0 Å². The molecular weight excluding hydrogens is 342 g/mol. The Labute approximate surface area is 160 Å². The quantitative estimate of drug-likeness (QED) is 0.857. The first-order valence-electron chi connectivity index (χ1n) is 10.1. The fourth-order valence-electron chi connectivity index (χ4n) is 5.09. The topological polar surface area (TPSA) is 72.9 Å². The van der Waals surface area contributed by atoms with Crippen LogP contribution >= 0.6 is 0 Å². The van der Waals surface area contributed by atoms with Crippen LogP contribution in [0.25, 0.3) is 0 Å². The summed E-state index contributed by atoms with van der Waals surface area (Å²) in [6.07, 6.45) is 4.10. The van der Waals surface area contributed by atoms with Crippen molar-refractivity contribution in [2.75, 3.05) is 18.1 Å². The summed E-state index contributed by atoms with van der Waals surface area (Å²) in [7, 11) is 0. The zero-order chi connectivity index (χ0) is 19.1. The molecule has 2 aliphatic heterocycles. The first-order chi connectivity index (χ1) is 13.0. The van der Waals surface area contributed by atoms with Crippen molar-refractivity contribution in [3.8, 4) is 0 Å². The number of benzene rings is 1. The lowest BCUT2D eigenvalue weighted by Crippen LogP contribution is -2.71. The number of likely N-dealkylation sites (tertiary alicyclic amines) is 1. The van der Waals surface area contributed by atoms with Crippen LogP contribution in [0.2, 0.25) is 0 Å². The maximum absolute atomic E-state index is 13.1. The molecule has 2 N–H and O–H groups in total. The van der Waals surface area contributed by atoms with E-state index in [1.807, 2.05) is 43.0 Å². The van der Waals surface area contributed by atoms with Crippen molar-refractivity contribution in [2.45, 2.75) is 63.6 Å². The number of amides is 3. The van der Waals surface area contributed by atoms with Crippen molar-refractivity contribution in [3.05, 3.63) is 29.8 Å². The van der Waals surface area contributed by atoms with E-state index in [0.29, 0.717) is 6.54 Å². The maximum Gasteiger partial charge on any atom is 0.322 e. The van der Waals surface area contributed by atoms with Gasteiger partial charge in [-0.15, -0.1) is 0 Å². The fourth-order valence-corrected chi connectivity index (χ4v) is 5.09. The number of nitrogens with one attached hydrogen (secondary N) is 1. The lowest BCUT2D eigenvalue weighted by atomic mass is 9.71. The number of aliphatic hydroxyl groups is 1. The van der Waals surface area contributed by atoms with Crippen LogP contribution in [-0.4, -0.2) is 53.2 Å². The van der Waals surface area contributed by atoms with E-state index in [0.717, 1.165) is 36.9 Å². The van der Waals surface area contributed by atoms with Gasteiger partial charge < -0.3 is 15.3 Å². The molecule has 0 bridgehead atoms. The molecule has 1 aromatic carbocycles. The molecule has 0 unspecified atom stereocenters. The molecule has 3 amide bonds. The summed E-state index contributed by atoms with van der Waals surface area (Å²) >= 11 is 0. The second-order valence-corrected chi connectivity index (χ2v) is 8.34. The molecule has 1 aromatic rings. The highest BCUT2D eigenvalue weighted by atomic mass is 16.3. The number of aliphatic hydroxyl groups excluding tert-OH is 1. The molecule has 4 rings (SSSR count). The number of anilines is 1. The lowest BCUT2D eigenvalue weighted by molar-refractivity contribution is -0.154. The standard InChI is InChI=1S/C21H29N3O3/c1-13(2)22-21(27)23-11-17-19(15-9-5-6-10-16(15)23)18(12-25)24(17)20(26)14-7-3-4-8-14/h5-6,9-10,13-14,17-19,25H,3-4,7-8,11-12H2,1-2H3,(H,22,27)/t17-,18+,19+/m1/s1. The number of nitrogens with zero attached hydrogens (tertiary/aromatic N) is 2. The van der Waals surface area contributed by atoms with Gasteiger partial charge in [0.15, 0.2) is 0 Å². The number of carbonyl (C=O) groups excluding carboxylic acids is 2. The summed E-state index contributed by atoms with van der Waals surface area (Å²) in [6, 6.07) is 7.58. The van der Waals surface area contributed by atoms with Crippen LogP contribution in [0.1, 0.15) is 51.0 Å². The number of fused-ring (bicyclic) bond motifs is 3. The molecule has 3 aliphatic rings. The van der Waals surface area contributed by atoms with Gasteiger partial charge in [-0.25, -0.2) is 4.79 Å². The van der Waals surface area contributed by atoms with Crippen LogP contribution in [0, 0.1) is 5.92 Å². The zero-order valence-corrected chi connectivity index (χ0v) is 16.1. The van der Waals surface area contributed by atoms with Crippen molar-refractivity contribution < 1.29 is 14.7 Å². The van der Waals surface area contributed by atoms with Crippen molar-refractivity contribution in [1.82, 2.24) is 10.2 Å². The Balaban J connectivity index is 1.65. The molecule has 1 saturated carbocycles. The van der Waals surface area contributed by atoms with Gasteiger partial charge in [-0.2, -0.15) is 0 Å². The first-order valence-corrected chi connectivity index (χ1v) is 10.1. The summed E-state index contributed by atoms with van der Waals surface area (Å²) < 4.78 is 0. The largest absolute Gasteiger partial charge is 0.394 e. The van der Waals surface area contributed by atoms with E-state index in [2.05, 4.69) is 5.32 Å². The summed E-state index contributed by atoms with van der Waals surface area (Å²) in [5, 5.41) is 13.0. The Kier molecular flexibility index (Phi) is 4.84. The fraction of sp³-hybridized carbons (Fsp3) is 0.619. The Morgan fingerprint density at radius 1 is 1.22 bits per heavy atom. The average Bonchev–Trinajstić information content (AvgIpc) is 3.16. The van der Waals surface area contributed by atoms with Crippen LogP contribution < -0.4 is 10.2 Å². The van der Waals surface area contributed by atoms with Gasteiger partial charge in [-0.3, -0.25) is 9.69 Å². The van der Waals surface area contributed by atoms with Crippen LogP contribution in [0.4, 0.5) is 10.5 Å². The minimum atomic E-state index is -0.181. The smallest absolute Gasteiger partial charge is 0.322 e. The van der Waals surface area contributed by atoms with E-state index in [1.54, 1.807) is 4.90 Å². The Bertz CT molecular complexity index is 729. The summed E-state index contributed by atoms with van der Waals surface area (Å²) in [5.74, 6) is 0.339. The number of carbonyl (C=O) groups is 2. The lowest BCUT2D eigenvalue weighted by Gasteiger charge is -2.59. The van der Waals surface area contributed by atoms with Crippen LogP contribution in [-0.2, 0) is 4.79 Å². The molecule has 6 nitrogen and oxygen atoms in total. The third-order valence-corrected chi connectivity index (χ3v) is 6.30. The van der Waals surface area contributed by atoms with Gasteiger partial charge in [0.1, 0.15) is 0 Å². The van der Waals surface area contributed by atoms with Crippen molar-refractivity contribution >= 4 is 17.6 Å². The Morgan fingerprint density at radius 2 is 1.93 bits per heavy atom. The van der Waals surface area contributed by atoms with Crippen molar-refractivity contribution in [2.24, 2.45) is 5.92 Å². The predicted octanol–water partition coefficient (Wildman–Crippen LogP) is 2.47. The molecule has 0 radical (unpaired) electrons. The normalized spacial score (nSPS) is 27.2. The second kappa shape index (κ2) is 7.15. The molecule has 1 saturated heterocycles. The third kappa shape index (κ3) is 3.00. The van der Waals surface area contributed by atoms with E-state index in [9.17, 15) is 14.7 Å². The van der Waals surface area contributed by atoms with E-state index in [4.69, 9.17) is 0 Å². The van der Waals surface area contributed by atoms with Gasteiger partial charge in [0.05, 0.1) is 18.7 Å². The SMILES string of the molecule is CC(C)NC(=O)N1C[C@@H]2[C@H](c3ccccc31)[C@H](CO)N2C(=O)C1CCCC1. The van der Waals surface area contributed by atoms with Gasteiger partial charge in [0, 0.05) is 30.1 Å². The van der Waals surface area contributed by atoms with E-state index in [-0.39, 0.29) is 48.5 Å². The van der Waals surface area contributed by atoms with E-state index in [1.165, 1.54) is 0 Å². The van der Waals surface area contributed by atoms with Crippen molar-refractivity contribution in [1.29, 1.82) is 0 Å². The molecule has 0 aromatic heterocycles. The third-order valence-electron chi connectivity index (χ3n) is 6.30. The molecular formula is C21H29N3O3. The number of rotatable bonds is 3. The molecule has 3 atom stereocenters. The number of hydrogen-bond donors (Lipinski definition) is 2. The predicted molar refractivity (Wildman–Crippen MR) is 104 cm³/mol. The Morgan fingerprint density at radius 3 is 2.59 bits per heavy atom. The summed E-state index contributed by atoms with van der Waals surface area (Å²) in [5.41, 5.74) is 1.95.